The van der Waals surface area contributed by atoms with Crippen molar-refractivity contribution in [3.8, 4) is 0 Å². The highest BCUT2D eigenvalue weighted by Crippen LogP contribution is 2.29. The van der Waals surface area contributed by atoms with Gasteiger partial charge in [0.05, 0.1) is 33.5 Å². The van der Waals surface area contributed by atoms with Crippen LogP contribution in [0.25, 0.3) is 0 Å². The molecule has 1 heterocycles. The monoisotopic (exact) mass is 474 g/mol. The van der Waals surface area contributed by atoms with E-state index in [9.17, 15) is 39.0 Å². The fraction of sp³-hybridized carbons (Fsp3) is 0. The van der Waals surface area contributed by atoms with E-state index in [0.29, 0.717) is 0 Å². The minimum absolute atomic E-state index is 0.0256. The molecule has 3 aromatic rings. The van der Waals surface area contributed by atoms with E-state index >= 15 is 0 Å². The fourth-order valence-electron chi connectivity index (χ4n) is 3.52. The minimum atomic E-state index is -1.39. The second-order valence-electron chi connectivity index (χ2n) is 7.42. The van der Waals surface area contributed by atoms with Crippen molar-refractivity contribution in [3.05, 3.63) is 94.0 Å². The van der Waals surface area contributed by atoms with Gasteiger partial charge in [0.1, 0.15) is 0 Å². The first-order valence-electron chi connectivity index (χ1n) is 9.86. The summed E-state index contributed by atoms with van der Waals surface area (Å²) in [5.74, 6) is -6.08. The number of rotatable bonds is 6. The third-order valence-electron chi connectivity index (χ3n) is 5.21. The number of benzene rings is 3. The molecule has 4 rings (SSSR count). The van der Waals surface area contributed by atoms with Crippen LogP contribution in [0.15, 0.2) is 60.7 Å². The lowest BCUT2D eigenvalue weighted by atomic mass is 10.0. The van der Waals surface area contributed by atoms with E-state index in [2.05, 4.69) is 5.32 Å². The molecule has 0 unspecified atom stereocenters. The molecule has 35 heavy (non-hydrogen) atoms. The molecule has 0 atom stereocenters. The summed E-state index contributed by atoms with van der Waals surface area (Å²) < 4.78 is 0. The highest BCUT2D eigenvalue weighted by Gasteiger charge is 2.37. The van der Waals surface area contributed by atoms with E-state index in [4.69, 9.17) is 5.11 Å². The molecular weight excluding hydrogens is 460 g/mol. The highest BCUT2D eigenvalue weighted by molar-refractivity contribution is 6.34. The number of hydrogen-bond acceptors (Lipinski definition) is 6. The van der Waals surface area contributed by atoms with Crippen molar-refractivity contribution in [1.29, 1.82) is 0 Å². The Morgan fingerprint density at radius 1 is 0.600 bits per heavy atom. The molecule has 0 aromatic heterocycles. The predicted octanol–water partition coefficient (Wildman–Crippen LogP) is 2.83. The maximum atomic E-state index is 12.9. The second kappa shape index (κ2) is 8.56. The number of amides is 3. The van der Waals surface area contributed by atoms with Crippen LogP contribution in [-0.2, 0) is 0 Å². The number of anilines is 2. The van der Waals surface area contributed by atoms with Crippen LogP contribution < -0.4 is 10.2 Å². The Bertz CT molecular complexity index is 1430. The van der Waals surface area contributed by atoms with Crippen LogP contribution in [0, 0.1) is 0 Å². The lowest BCUT2D eigenvalue weighted by Crippen LogP contribution is -2.29. The van der Waals surface area contributed by atoms with Crippen LogP contribution in [-0.4, -0.2) is 50.9 Å². The summed E-state index contributed by atoms with van der Waals surface area (Å²) in [7, 11) is 0. The first-order valence-corrected chi connectivity index (χ1v) is 9.86. The molecule has 11 nitrogen and oxygen atoms in total. The molecule has 11 heteroatoms. The van der Waals surface area contributed by atoms with Gasteiger partial charge in [0.15, 0.2) is 0 Å². The Balaban J connectivity index is 1.62. The molecule has 3 aromatic carbocycles. The fourth-order valence-corrected chi connectivity index (χ4v) is 3.52. The predicted molar refractivity (Wildman–Crippen MR) is 119 cm³/mol. The Hall–Kier alpha value is -5.32. The van der Waals surface area contributed by atoms with Gasteiger partial charge in [-0.2, -0.15) is 0 Å². The normalized spacial score (nSPS) is 12.3. The lowest BCUT2D eigenvalue weighted by Gasteiger charge is -2.13. The van der Waals surface area contributed by atoms with Crippen LogP contribution in [0.4, 0.5) is 11.4 Å². The van der Waals surface area contributed by atoms with Crippen molar-refractivity contribution in [3.63, 3.8) is 0 Å². The van der Waals surface area contributed by atoms with Crippen molar-refractivity contribution < 1.29 is 44.1 Å². The molecule has 0 saturated carbocycles. The summed E-state index contributed by atoms with van der Waals surface area (Å²) >= 11 is 0. The maximum absolute atomic E-state index is 12.9. The smallest absolute Gasteiger partial charge is 0.335 e. The number of carboxylic acids is 3. The van der Waals surface area contributed by atoms with Gasteiger partial charge >= 0.3 is 17.9 Å². The number of nitrogens with one attached hydrogen (secondary N) is 1. The number of carbonyl (C=O) groups excluding carboxylic acids is 3. The van der Waals surface area contributed by atoms with Gasteiger partial charge in [0.2, 0.25) is 0 Å². The van der Waals surface area contributed by atoms with Crippen molar-refractivity contribution in [1.82, 2.24) is 0 Å². The molecular formula is C24H14N2O9. The van der Waals surface area contributed by atoms with Crippen LogP contribution >= 0.6 is 0 Å². The third kappa shape index (κ3) is 4.20. The van der Waals surface area contributed by atoms with Gasteiger partial charge in [-0.3, -0.25) is 14.4 Å². The summed E-state index contributed by atoms with van der Waals surface area (Å²) in [6.45, 7) is 0. The van der Waals surface area contributed by atoms with E-state index in [1.165, 1.54) is 42.5 Å². The van der Waals surface area contributed by atoms with Gasteiger partial charge < -0.3 is 20.6 Å². The van der Waals surface area contributed by atoms with Crippen LogP contribution in [0.3, 0.4) is 0 Å². The number of imide groups is 1. The molecule has 0 bridgehead atoms. The van der Waals surface area contributed by atoms with Gasteiger partial charge in [0.25, 0.3) is 17.7 Å². The Morgan fingerprint density at radius 3 is 1.66 bits per heavy atom. The quantitative estimate of drug-likeness (QED) is 0.391. The summed E-state index contributed by atoms with van der Waals surface area (Å²) in [6, 6.07) is 12.0. The van der Waals surface area contributed by atoms with E-state index in [0.717, 1.165) is 23.1 Å². The van der Waals surface area contributed by atoms with E-state index in [1.54, 1.807) is 0 Å². The van der Waals surface area contributed by atoms with Gasteiger partial charge in [0, 0.05) is 11.3 Å². The number of hydrogen-bond donors (Lipinski definition) is 4. The van der Waals surface area contributed by atoms with E-state index in [-0.39, 0.29) is 44.8 Å². The van der Waals surface area contributed by atoms with Gasteiger partial charge in [-0.15, -0.1) is 0 Å². The zero-order chi connectivity index (χ0) is 25.4. The van der Waals surface area contributed by atoms with Crippen LogP contribution in [0.1, 0.15) is 62.1 Å². The molecule has 174 valence electrons. The summed E-state index contributed by atoms with van der Waals surface area (Å²) in [5, 5.41) is 29.8. The maximum Gasteiger partial charge on any atom is 0.335 e. The Kier molecular flexibility index (Phi) is 5.59. The van der Waals surface area contributed by atoms with Crippen molar-refractivity contribution in [2.24, 2.45) is 0 Å². The van der Waals surface area contributed by atoms with Crippen molar-refractivity contribution in [2.75, 3.05) is 10.2 Å². The first kappa shape index (κ1) is 22.9. The number of carboxylic acid groups (broad SMARTS) is 3. The molecule has 3 amide bonds. The van der Waals surface area contributed by atoms with Crippen LogP contribution in [0.2, 0.25) is 0 Å². The standard InChI is InChI=1S/C24H14N2O9/c27-19(25-15-8-13(23(32)33)7-14(9-15)24(34)35)12-3-6-17-18(10-12)21(29)26(20(17)28)16-4-1-11(2-5-16)22(30)31/h1-10H,(H,25,27)(H,30,31)(H,32,33)(H,34,35). The zero-order valence-electron chi connectivity index (χ0n) is 17.5. The topological polar surface area (TPSA) is 178 Å². The van der Waals surface area contributed by atoms with E-state index < -0.39 is 35.6 Å². The molecule has 0 saturated heterocycles. The van der Waals surface area contributed by atoms with Crippen molar-refractivity contribution >= 4 is 47.0 Å². The summed E-state index contributed by atoms with van der Waals surface area (Å²) in [5.41, 5.74) is -0.716. The molecule has 1 aliphatic heterocycles. The summed E-state index contributed by atoms with van der Waals surface area (Å²) in [6.07, 6.45) is 0. The Morgan fingerprint density at radius 2 is 1.11 bits per heavy atom. The van der Waals surface area contributed by atoms with E-state index in [1.807, 2.05) is 0 Å². The number of fused-ring (bicyclic) bond motifs is 1. The van der Waals surface area contributed by atoms with Gasteiger partial charge in [-0.05, 0) is 60.7 Å². The SMILES string of the molecule is O=C(O)c1ccc(N2C(=O)c3ccc(C(=O)Nc4cc(C(=O)O)cc(C(=O)O)c4)cc3C2=O)cc1. The lowest BCUT2D eigenvalue weighted by molar-refractivity contribution is 0.0682. The molecule has 0 spiro atoms. The highest BCUT2D eigenvalue weighted by atomic mass is 16.4. The molecule has 0 fully saturated rings. The number of carbonyl (C=O) groups is 6. The van der Waals surface area contributed by atoms with Gasteiger partial charge in [-0.25, -0.2) is 19.3 Å². The van der Waals surface area contributed by atoms with Crippen LogP contribution in [0.5, 0.6) is 0 Å². The largest absolute Gasteiger partial charge is 0.478 e. The summed E-state index contributed by atoms with van der Waals surface area (Å²) in [4.78, 5) is 72.9. The average molecular weight is 474 g/mol. The second-order valence-corrected chi connectivity index (χ2v) is 7.42. The zero-order valence-corrected chi connectivity index (χ0v) is 17.5. The molecule has 0 radical (unpaired) electrons. The number of aromatic carboxylic acids is 3. The minimum Gasteiger partial charge on any atom is -0.478 e. The third-order valence-corrected chi connectivity index (χ3v) is 5.21. The Labute approximate surface area is 195 Å². The average Bonchev–Trinajstić information content (AvgIpc) is 3.08. The first-order chi connectivity index (χ1) is 16.6. The molecule has 4 N–H and O–H groups in total. The number of nitrogens with zero attached hydrogens (tertiary/aromatic N) is 1. The van der Waals surface area contributed by atoms with Crippen molar-refractivity contribution in [2.45, 2.75) is 0 Å². The van der Waals surface area contributed by atoms with Gasteiger partial charge in [-0.1, -0.05) is 0 Å². The molecule has 1 aliphatic rings. The molecule has 0 aliphatic carbocycles.